The quantitative estimate of drug-likeness (QED) is 0.919. The Bertz CT molecular complexity index is 549. The standard InChI is InChI=1S/C14H15FN2O2S/c15-11-3-1-10(2-4-11)9-16-13(19)14-6-5-12(18)17(14)7-8-20-14/h1-4H,5-9H2,(H,16,19)/t14-/m1/s1. The summed E-state index contributed by atoms with van der Waals surface area (Å²) in [5, 5.41) is 2.87. The van der Waals surface area contributed by atoms with Gasteiger partial charge in [0, 0.05) is 25.3 Å². The molecule has 1 atom stereocenters. The Morgan fingerprint density at radius 2 is 2.15 bits per heavy atom. The Kier molecular flexibility index (Phi) is 3.41. The molecule has 1 N–H and O–H groups in total. The Morgan fingerprint density at radius 3 is 2.90 bits per heavy atom. The zero-order valence-electron chi connectivity index (χ0n) is 10.9. The van der Waals surface area contributed by atoms with E-state index >= 15 is 0 Å². The Morgan fingerprint density at radius 1 is 1.40 bits per heavy atom. The molecule has 0 unspecified atom stereocenters. The lowest BCUT2D eigenvalue weighted by Gasteiger charge is -2.29. The topological polar surface area (TPSA) is 49.4 Å². The van der Waals surface area contributed by atoms with Gasteiger partial charge >= 0.3 is 0 Å². The monoisotopic (exact) mass is 294 g/mol. The second kappa shape index (κ2) is 5.09. The summed E-state index contributed by atoms with van der Waals surface area (Å²) < 4.78 is 12.8. The minimum Gasteiger partial charge on any atom is -0.349 e. The van der Waals surface area contributed by atoms with Crippen molar-refractivity contribution in [1.82, 2.24) is 10.2 Å². The average molecular weight is 294 g/mol. The Labute approximate surface area is 120 Å². The molecule has 0 saturated carbocycles. The van der Waals surface area contributed by atoms with E-state index in [0.29, 0.717) is 25.9 Å². The van der Waals surface area contributed by atoms with Gasteiger partial charge in [-0.3, -0.25) is 9.59 Å². The molecule has 20 heavy (non-hydrogen) atoms. The van der Waals surface area contributed by atoms with Crippen LogP contribution in [0.1, 0.15) is 18.4 Å². The first-order valence-corrected chi connectivity index (χ1v) is 7.57. The molecule has 4 nitrogen and oxygen atoms in total. The molecule has 0 aromatic heterocycles. The number of amides is 2. The molecule has 1 aromatic rings. The van der Waals surface area contributed by atoms with Crippen LogP contribution < -0.4 is 5.32 Å². The first kappa shape index (κ1) is 13.4. The fraction of sp³-hybridized carbons (Fsp3) is 0.429. The van der Waals surface area contributed by atoms with Crippen LogP contribution in [0, 0.1) is 5.82 Å². The smallest absolute Gasteiger partial charge is 0.256 e. The van der Waals surface area contributed by atoms with Crippen LogP contribution in [0.2, 0.25) is 0 Å². The maximum absolute atomic E-state index is 12.8. The van der Waals surface area contributed by atoms with Gasteiger partial charge in [-0.15, -0.1) is 11.8 Å². The van der Waals surface area contributed by atoms with Crippen LogP contribution in [0.15, 0.2) is 24.3 Å². The van der Waals surface area contributed by atoms with Crippen LogP contribution in [-0.2, 0) is 16.1 Å². The first-order chi connectivity index (χ1) is 9.62. The number of hydrogen-bond donors (Lipinski definition) is 1. The predicted molar refractivity (Wildman–Crippen MR) is 74.4 cm³/mol. The molecule has 0 aliphatic carbocycles. The summed E-state index contributed by atoms with van der Waals surface area (Å²) in [4.78, 5) is 25.2. The van der Waals surface area contributed by atoms with Crippen molar-refractivity contribution in [1.29, 1.82) is 0 Å². The number of carbonyl (C=O) groups excluding carboxylic acids is 2. The van der Waals surface area contributed by atoms with Crippen molar-refractivity contribution in [3.63, 3.8) is 0 Å². The van der Waals surface area contributed by atoms with Gasteiger partial charge in [-0.2, -0.15) is 0 Å². The van der Waals surface area contributed by atoms with Crippen LogP contribution in [0.4, 0.5) is 4.39 Å². The second-order valence-electron chi connectivity index (χ2n) is 4.99. The van der Waals surface area contributed by atoms with Gasteiger partial charge in [0.1, 0.15) is 5.82 Å². The number of thioether (sulfide) groups is 1. The SMILES string of the molecule is O=C1CC[C@]2(C(=O)NCc3ccc(F)cc3)SCCN12. The Hall–Kier alpha value is -1.56. The Balaban J connectivity index is 1.67. The maximum atomic E-state index is 12.8. The lowest BCUT2D eigenvalue weighted by molar-refractivity contribution is -0.135. The molecule has 2 aliphatic heterocycles. The fourth-order valence-corrected chi connectivity index (χ4v) is 4.14. The summed E-state index contributed by atoms with van der Waals surface area (Å²) in [5.41, 5.74) is 0.843. The summed E-state index contributed by atoms with van der Waals surface area (Å²) in [6, 6.07) is 6.03. The number of nitrogens with zero attached hydrogens (tertiary/aromatic N) is 1. The zero-order chi connectivity index (χ0) is 14.2. The molecule has 2 heterocycles. The number of nitrogens with one attached hydrogen (secondary N) is 1. The molecule has 0 radical (unpaired) electrons. The van der Waals surface area contributed by atoms with Crippen molar-refractivity contribution < 1.29 is 14.0 Å². The molecular weight excluding hydrogens is 279 g/mol. The zero-order valence-corrected chi connectivity index (χ0v) is 11.7. The van der Waals surface area contributed by atoms with E-state index in [9.17, 15) is 14.0 Å². The largest absolute Gasteiger partial charge is 0.349 e. The number of rotatable bonds is 3. The van der Waals surface area contributed by atoms with E-state index in [4.69, 9.17) is 0 Å². The molecule has 6 heteroatoms. The van der Waals surface area contributed by atoms with Crippen molar-refractivity contribution in [2.24, 2.45) is 0 Å². The second-order valence-corrected chi connectivity index (χ2v) is 6.36. The highest BCUT2D eigenvalue weighted by atomic mass is 32.2. The molecule has 0 bridgehead atoms. The lowest BCUT2D eigenvalue weighted by atomic mass is 10.1. The summed E-state index contributed by atoms with van der Waals surface area (Å²) in [5.74, 6) is 0.454. The minimum absolute atomic E-state index is 0.0620. The van der Waals surface area contributed by atoms with Crippen molar-refractivity contribution in [3.05, 3.63) is 35.6 Å². The van der Waals surface area contributed by atoms with E-state index in [0.717, 1.165) is 11.3 Å². The third kappa shape index (κ3) is 2.18. The van der Waals surface area contributed by atoms with E-state index in [1.165, 1.54) is 12.1 Å². The van der Waals surface area contributed by atoms with E-state index in [1.807, 2.05) is 0 Å². The number of carbonyl (C=O) groups is 2. The molecule has 2 amide bonds. The fourth-order valence-electron chi connectivity index (χ4n) is 2.73. The van der Waals surface area contributed by atoms with E-state index < -0.39 is 4.87 Å². The van der Waals surface area contributed by atoms with Gasteiger partial charge in [-0.05, 0) is 24.1 Å². The summed E-state index contributed by atoms with van der Waals surface area (Å²) in [6.07, 6.45) is 1.02. The summed E-state index contributed by atoms with van der Waals surface area (Å²) in [6.45, 7) is 0.997. The molecule has 1 aromatic carbocycles. The van der Waals surface area contributed by atoms with E-state index in [2.05, 4.69) is 5.32 Å². The molecule has 2 fully saturated rings. The average Bonchev–Trinajstić information content (AvgIpc) is 3.00. The third-order valence-corrected chi connectivity index (χ3v) is 5.27. The maximum Gasteiger partial charge on any atom is 0.256 e. The van der Waals surface area contributed by atoms with Gasteiger partial charge in [0.25, 0.3) is 5.91 Å². The van der Waals surface area contributed by atoms with Crippen molar-refractivity contribution in [2.75, 3.05) is 12.3 Å². The van der Waals surface area contributed by atoms with Gasteiger partial charge < -0.3 is 10.2 Å². The molecule has 2 aliphatic rings. The number of hydrogen-bond acceptors (Lipinski definition) is 3. The first-order valence-electron chi connectivity index (χ1n) is 6.59. The van der Waals surface area contributed by atoms with Crippen molar-refractivity contribution in [2.45, 2.75) is 24.3 Å². The van der Waals surface area contributed by atoms with E-state index in [-0.39, 0.29) is 17.6 Å². The van der Waals surface area contributed by atoms with Crippen LogP contribution in [0.3, 0.4) is 0 Å². The predicted octanol–water partition coefficient (Wildman–Crippen LogP) is 1.51. The highest BCUT2D eigenvalue weighted by Crippen LogP contribution is 2.44. The van der Waals surface area contributed by atoms with Crippen LogP contribution in [0.25, 0.3) is 0 Å². The van der Waals surface area contributed by atoms with E-state index in [1.54, 1.807) is 28.8 Å². The molecular formula is C14H15FN2O2S. The highest BCUT2D eigenvalue weighted by molar-refractivity contribution is 8.01. The van der Waals surface area contributed by atoms with Crippen molar-refractivity contribution >= 4 is 23.6 Å². The highest BCUT2D eigenvalue weighted by Gasteiger charge is 2.54. The summed E-state index contributed by atoms with van der Waals surface area (Å²) >= 11 is 1.54. The summed E-state index contributed by atoms with van der Waals surface area (Å²) in [7, 11) is 0. The normalized spacial score (nSPS) is 24.9. The van der Waals surface area contributed by atoms with Crippen LogP contribution >= 0.6 is 11.8 Å². The van der Waals surface area contributed by atoms with Gasteiger partial charge in [-0.25, -0.2) is 4.39 Å². The number of halogens is 1. The number of benzene rings is 1. The molecule has 106 valence electrons. The van der Waals surface area contributed by atoms with Gasteiger partial charge in [0.15, 0.2) is 4.87 Å². The third-order valence-electron chi connectivity index (χ3n) is 3.79. The lowest BCUT2D eigenvalue weighted by Crippen LogP contribution is -2.50. The van der Waals surface area contributed by atoms with Crippen molar-refractivity contribution in [3.8, 4) is 0 Å². The van der Waals surface area contributed by atoms with Crippen LogP contribution in [-0.4, -0.2) is 33.9 Å². The van der Waals surface area contributed by atoms with Gasteiger partial charge in [-0.1, -0.05) is 12.1 Å². The van der Waals surface area contributed by atoms with Crippen LogP contribution in [0.5, 0.6) is 0 Å². The molecule has 2 saturated heterocycles. The number of fused-ring (bicyclic) bond motifs is 1. The van der Waals surface area contributed by atoms with Gasteiger partial charge in [0.2, 0.25) is 5.91 Å². The minimum atomic E-state index is -0.711. The molecule has 3 rings (SSSR count). The van der Waals surface area contributed by atoms with Gasteiger partial charge in [0.05, 0.1) is 0 Å². The molecule has 0 spiro atoms.